The fourth-order valence-electron chi connectivity index (χ4n) is 3.58. The van der Waals surface area contributed by atoms with Gasteiger partial charge in [0.05, 0.1) is 19.0 Å². The molecule has 2 fully saturated rings. The van der Waals surface area contributed by atoms with E-state index < -0.39 is 0 Å². The van der Waals surface area contributed by atoms with Crippen LogP contribution in [0.5, 0.6) is 5.88 Å². The van der Waals surface area contributed by atoms with E-state index in [1.165, 1.54) is 25.8 Å². The van der Waals surface area contributed by atoms with Crippen LogP contribution in [0.1, 0.15) is 19.3 Å². The second-order valence-electron chi connectivity index (χ2n) is 6.94. The van der Waals surface area contributed by atoms with Gasteiger partial charge in [-0.25, -0.2) is 9.78 Å². The lowest BCUT2D eigenvalue weighted by Gasteiger charge is -2.40. The van der Waals surface area contributed by atoms with Crippen molar-refractivity contribution in [1.29, 1.82) is 0 Å². The maximum Gasteiger partial charge on any atom is 0.321 e. The topological polar surface area (TPSA) is 60.9 Å². The Labute approximate surface area is 149 Å². The number of carbonyl (C=O) groups excluding carboxylic acids is 1. The summed E-state index contributed by atoms with van der Waals surface area (Å²) in [7, 11) is 3.81. The van der Waals surface area contributed by atoms with Gasteiger partial charge in [-0.2, -0.15) is 0 Å². The van der Waals surface area contributed by atoms with Gasteiger partial charge in [-0.05, 0) is 32.5 Å². The number of piperidine rings is 1. The summed E-state index contributed by atoms with van der Waals surface area (Å²) in [5.74, 6) is 0.541. The zero-order valence-electron chi connectivity index (χ0n) is 15.3. The number of anilines is 1. The standard InChI is InChI=1S/C18H29N5O2/c1-21-8-4-3-5-16(21)14-22-9-11-23(12-10-22)18(24)20-15-6-7-17(25-2)19-13-15/h6-7,13,16H,3-5,8-12,14H2,1-2H3,(H,20,24)/t16-/m1/s1. The molecule has 138 valence electrons. The highest BCUT2D eigenvalue weighted by molar-refractivity contribution is 5.89. The average Bonchev–Trinajstić information content (AvgIpc) is 2.65. The summed E-state index contributed by atoms with van der Waals surface area (Å²) in [6.45, 7) is 5.76. The van der Waals surface area contributed by atoms with E-state index in [2.05, 4.69) is 27.1 Å². The number of carbonyl (C=O) groups is 1. The van der Waals surface area contributed by atoms with Crippen LogP contribution in [0.15, 0.2) is 18.3 Å². The Hall–Kier alpha value is -1.86. The Kier molecular flexibility index (Phi) is 6.09. The largest absolute Gasteiger partial charge is 0.481 e. The van der Waals surface area contributed by atoms with Gasteiger partial charge in [-0.15, -0.1) is 0 Å². The summed E-state index contributed by atoms with van der Waals surface area (Å²) in [5.41, 5.74) is 0.692. The van der Waals surface area contributed by atoms with E-state index in [4.69, 9.17) is 4.74 Å². The first kappa shape index (κ1) is 17.9. The molecule has 0 radical (unpaired) electrons. The van der Waals surface area contributed by atoms with Crippen molar-refractivity contribution in [3.8, 4) is 5.88 Å². The number of likely N-dealkylation sites (tertiary alicyclic amines) is 1. The molecule has 25 heavy (non-hydrogen) atoms. The van der Waals surface area contributed by atoms with Crippen LogP contribution in [0.2, 0.25) is 0 Å². The minimum absolute atomic E-state index is 0.0543. The van der Waals surface area contributed by atoms with Crippen molar-refractivity contribution in [3.05, 3.63) is 18.3 Å². The number of ether oxygens (including phenoxy) is 1. The van der Waals surface area contributed by atoms with Crippen molar-refractivity contribution < 1.29 is 9.53 Å². The number of likely N-dealkylation sites (N-methyl/N-ethyl adjacent to an activating group) is 1. The molecule has 1 atom stereocenters. The van der Waals surface area contributed by atoms with Gasteiger partial charge in [0.1, 0.15) is 0 Å². The zero-order chi connectivity index (χ0) is 17.6. The van der Waals surface area contributed by atoms with Crippen molar-refractivity contribution in [2.75, 3.05) is 58.7 Å². The molecule has 2 amide bonds. The van der Waals surface area contributed by atoms with Crippen LogP contribution in [-0.4, -0.2) is 85.2 Å². The fraction of sp³-hybridized carbons (Fsp3) is 0.667. The summed E-state index contributed by atoms with van der Waals surface area (Å²) in [6.07, 6.45) is 5.57. The highest BCUT2D eigenvalue weighted by Gasteiger charge is 2.25. The summed E-state index contributed by atoms with van der Waals surface area (Å²) < 4.78 is 5.03. The van der Waals surface area contributed by atoms with Gasteiger partial charge in [-0.1, -0.05) is 6.42 Å². The van der Waals surface area contributed by atoms with Gasteiger partial charge >= 0.3 is 6.03 Å². The molecule has 0 saturated carbocycles. The Bertz CT molecular complexity index is 557. The number of piperazine rings is 1. The van der Waals surface area contributed by atoms with Crippen molar-refractivity contribution in [3.63, 3.8) is 0 Å². The molecule has 3 rings (SSSR count). The Morgan fingerprint density at radius 1 is 1.24 bits per heavy atom. The molecule has 2 aliphatic heterocycles. The molecular formula is C18H29N5O2. The number of pyridine rings is 1. The van der Waals surface area contributed by atoms with Crippen LogP contribution in [0.3, 0.4) is 0 Å². The van der Waals surface area contributed by atoms with Crippen molar-refractivity contribution in [2.24, 2.45) is 0 Å². The molecule has 3 heterocycles. The number of rotatable bonds is 4. The van der Waals surface area contributed by atoms with Crippen LogP contribution in [-0.2, 0) is 0 Å². The van der Waals surface area contributed by atoms with Gasteiger partial charge in [-0.3, -0.25) is 4.90 Å². The van der Waals surface area contributed by atoms with E-state index in [0.29, 0.717) is 17.6 Å². The van der Waals surface area contributed by atoms with Crippen LogP contribution >= 0.6 is 0 Å². The van der Waals surface area contributed by atoms with E-state index in [-0.39, 0.29) is 6.03 Å². The molecular weight excluding hydrogens is 318 g/mol. The average molecular weight is 347 g/mol. The van der Waals surface area contributed by atoms with Crippen molar-refractivity contribution >= 4 is 11.7 Å². The molecule has 0 aliphatic carbocycles. The predicted octanol–water partition coefficient (Wildman–Crippen LogP) is 1.72. The summed E-state index contributed by atoms with van der Waals surface area (Å²) in [4.78, 5) is 23.4. The second kappa shape index (κ2) is 8.49. The van der Waals surface area contributed by atoms with E-state index in [1.54, 1.807) is 25.4 Å². The Morgan fingerprint density at radius 3 is 2.68 bits per heavy atom. The maximum atomic E-state index is 12.4. The highest BCUT2D eigenvalue weighted by Crippen LogP contribution is 2.17. The van der Waals surface area contributed by atoms with Crippen LogP contribution in [0.4, 0.5) is 10.5 Å². The van der Waals surface area contributed by atoms with Gasteiger partial charge in [0.15, 0.2) is 0 Å². The Morgan fingerprint density at radius 2 is 2.04 bits per heavy atom. The maximum absolute atomic E-state index is 12.4. The van der Waals surface area contributed by atoms with E-state index in [9.17, 15) is 4.79 Å². The van der Waals surface area contributed by atoms with E-state index >= 15 is 0 Å². The zero-order valence-corrected chi connectivity index (χ0v) is 15.3. The first-order valence-corrected chi connectivity index (χ1v) is 9.14. The monoisotopic (exact) mass is 347 g/mol. The smallest absolute Gasteiger partial charge is 0.321 e. The lowest BCUT2D eigenvalue weighted by Crippen LogP contribution is -2.53. The quantitative estimate of drug-likeness (QED) is 0.899. The SMILES string of the molecule is COc1ccc(NC(=O)N2CCN(C[C@H]3CCCCN3C)CC2)cn1. The first-order chi connectivity index (χ1) is 12.2. The van der Waals surface area contributed by atoms with Gasteiger partial charge in [0, 0.05) is 44.8 Å². The molecule has 2 aliphatic rings. The molecule has 1 N–H and O–H groups in total. The molecule has 7 nitrogen and oxygen atoms in total. The lowest BCUT2D eigenvalue weighted by atomic mass is 10.0. The fourth-order valence-corrected chi connectivity index (χ4v) is 3.58. The van der Waals surface area contributed by atoms with Gasteiger partial charge in [0.25, 0.3) is 0 Å². The van der Waals surface area contributed by atoms with Gasteiger partial charge in [0.2, 0.25) is 5.88 Å². The lowest BCUT2D eigenvalue weighted by molar-refractivity contribution is 0.0956. The second-order valence-corrected chi connectivity index (χ2v) is 6.94. The first-order valence-electron chi connectivity index (χ1n) is 9.14. The third kappa shape index (κ3) is 4.83. The summed E-state index contributed by atoms with van der Waals surface area (Å²) in [5, 5.41) is 2.91. The number of hydrogen-bond acceptors (Lipinski definition) is 5. The molecule has 1 aromatic heterocycles. The normalized spacial score (nSPS) is 22.6. The molecule has 1 aromatic rings. The number of aromatic nitrogens is 1. The number of urea groups is 1. The number of hydrogen-bond donors (Lipinski definition) is 1. The molecule has 0 spiro atoms. The number of methoxy groups -OCH3 is 1. The van der Waals surface area contributed by atoms with Crippen LogP contribution in [0, 0.1) is 0 Å². The minimum Gasteiger partial charge on any atom is -0.481 e. The minimum atomic E-state index is -0.0543. The third-order valence-corrected chi connectivity index (χ3v) is 5.25. The number of nitrogens with one attached hydrogen (secondary N) is 1. The number of amides is 2. The van der Waals surface area contributed by atoms with E-state index in [0.717, 1.165) is 32.7 Å². The third-order valence-electron chi connectivity index (χ3n) is 5.25. The summed E-state index contributed by atoms with van der Waals surface area (Å²) in [6, 6.07) is 4.16. The molecule has 7 heteroatoms. The highest BCUT2D eigenvalue weighted by atomic mass is 16.5. The molecule has 0 bridgehead atoms. The molecule has 0 unspecified atom stereocenters. The molecule has 0 aromatic carbocycles. The summed E-state index contributed by atoms with van der Waals surface area (Å²) >= 11 is 0. The van der Waals surface area contributed by atoms with Crippen molar-refractivity contribution in [1.82, 2.24) is 19.7 Å². The van der Waals surface area contributed by atoms with Crippen LogP contribution in [0.25, 0.3) is 0 Å². The van der Waals surface area contributed by atoms with E-state index in [1.807, 2.05) is 4.90 Å². The molecule has 2 saturated heterocycles. The Balaban J connectivity index is 1.44. The number of nitrogens with zero attached hydrogens (tertiary/aromatic N) is 4. The van der Waals surface area contributed by atoms with Crippen LogP contribution < -0.4 is 10.1 Å². The van der Waals surface area contributed by atoms with Gasteiger partial charge < -0.3 is 19.9 Å². The predicted molar refractivity (Wildman–Crippen MR) is 98.1 cm³/mol. The van der Waals surface area contributed by atoms with Crippen molar-refractivity contribution in [2.45, 2.75) is 25.3 Å².